The number of rotatable bonds is 16. The largest absolute Gasteiger partial charge is 4.00 e. The molecular formula is C80H112N4Si4Ti. The van der Waals surface area contributed by atoms with Gasteiger partial charge in [0.1, 0.15) is 0 Å². The molecule has 4 aromatic rings. The van der Waals surface area contributed by atoms with Crippen molar-refractivity contribution in [3.63, 3.8) is 0 Å². The van der Waals surface area contributed by atoms with Crippen LogP contribution in [0.4, 0.5) is 0 Å². The first-order valence-electron chi connectivity index (χ1n) is 34.2. The molecule has 89 heavy (non-hydrogen) atoms. The van der Waals surface area contributed by atoms with E-state index in [1.165, 1.54) is 144 Å². The maximum atomic E-state index is 5.53. The van der Waals surface area contributed by atoms with Crippen molar-refractivity contribution in [1.82, 2.24) is 0 Å². The van der Waals surface area contributed by atoms with Gasteiger partial charge in [-0.05, 0) is 83.1 Å². The van der Waals surface area contributed by atoms with Gasteiger partial charge in [-0.3, -0.25) is 0 Å². The van der Waals surface area contributed by atoms with Crippen LogP contribution in [0.15, 0.2) is 213 Å². The molecule has 12 rings (SSSR count). The molecule has 0 aliphatic heterocycles. The fourth-order valence-electron chi connectivity index (χ4n) is 16.5. The summed E-state index contributed by atoms with van der Waals surface area (Å²) in [6.45, 7) is 46.2. The van der Waals surface area contributed by atoms with Crippen molar-refractivity contribution in [1.29, 1.82) is 0 Å². The fraction of sp³-hybridized carbons (Fsp3) is 0.500. The van der Waals surface area contributed by atoms with Crippen LogP contribution in [-0.2, 0) is 21.7 Å². The minimum Gasteiger partial charge on any atom is -0.647 e. The van der Waals surface area contributed by atoms with E-state index in [4.69, 9.17) is 21.3 Å². The molecule has 0 saturated heterocycles. The molecule has 0 amide bonds. The van der Waals surface area contributed by atoms with Crippen molar-refractivity contribution < 1.29 is 21.7 Å². The topological polar surface area (TPSA) is 56.4 Å². The number of nitrogens with zero attached hydrogens (tertiary/aromatic N) is 4. The molecule has 472 valence electrons. The van der Waals surface area contributed by atoms with Gasteiger partial charge < -0.3 is 21.3 Å². The molecule has 8 unspecified atom stereocenters. The molecular weight excluding hydrogens is 1180 g/mol. The molecule has 0 bridgehead atoms. The Hall–Kier alpha value is -3.78. The molecule has 0 N–H and O–H groups in total. The molecule has 0 aromatic heterocycles. The van der Waals surface area contributed by atoms with E-state index in [9.17, 15) is 0 Å². The second-order valence-electron chi connectivity index (χ2n) is 29.7. The van der Waals surface area contributed by atoms with Crippen LogP contribution < -0.4 is 20.7 Å². The molecule has 0 heterocycles. The predicted molar refractivity (Wildman–Crippen MR) is 398 cm³/mol. The standard InChI is InChI=1S/4C20H28NSi.Ti/c4*1-15-14-19(4,17(3)16(15)2)21-20(12-9-13-20)22(5)18-10-7-6-8-11-18;/h4*6-8,10-11,14,22H,9,12-13H2,1-5H3;/q4*-1;+4. The molecule has 8 atom stereocenters. The second kappa shape index (κ2) is 28.0. The Bertz CT molecular complexity index is 2960. The molecule has 4 saturated carbocycles. The average molecular weight is 1290 g/mol. The Morgan fingerprint density at radius 1 is 0.270 bits per heavy atom. The van der Waals surface area contributed by atoms with E-state index in [-0.39, 0.29) is 64.5 Å². The first-order valence-corrected chi connectivity index (χ1v) is 43.4. The Morgan fingerprint density at radius 2 is 0.427 bits per heavy atom. The maximum Gasteiger partial charge on any atom is 4.00 e. The SMILES string of the molecule is CC1=CC(C)([N-]C2([SiH](C)c3ccccc3)CCC2)C(C)=C1C.CC1=CC(C)([N-]C2([SiH](C)c3ccccc3)CCC2)C(C)=C1C.CC1=CC(C)([N-]C2([SiH](C)c3ccccc3)CCC2)C(C)=C1C.CC1=CC(C)([N-]C2([SiH](C)c3ccccc3)CCC2)C(C)=C1C.[Ti+4]. The monoisotopic (exact) mass is 1290 g/mol. The zero-order valence-electron chi connectivity index (χ0n) is 58.9. The summed E-state index contributed by atoms with van der Waals surface area (Å²) in [4.78, 5) is 0. The minimum atomic E-state index is -1.09. The van der Waals surface area contributed by atoms with Gasteiger partial charge >= 0.3 is 21.7 Å². The predicted octanol–water partition coefficient (Wildman–Crippen LogP) is 18.6. The summed E-state index contributed by atoms with van der Waals surface area (Å²) in [7, 11) is -4.36. The van der Waals surface area contributed by atoms with Crippen LogP contribution in [0, 0.1) is 0 Å². The van der Waals surface area contributed by atoms with Crippen molar-refractivity contribution in [3.05, 3.63) is 234 Å². The van der Waals surface area contributed by atoms with Gasteiger partial charge in [-0.2, -0.15) is 0 Å². The third-order valence-electron chi connectivity index (χ3n) is 24.8. The van der Waals surface area contributed by atoms with Gasteiger partial charge in [-0.1, -0.05) is 386 Å². The van der Waals surface area contributed by atoms with E-state index >= 15 is 0 Å². The van der Waals surface area contributed by atoms with Crippen molar-refractivity contribution in [3.8, 4) is 0 Å². The Balaban J connectivity index is 0.000000153. The van der Waals surface area contributed by atoms with Crippen LogP contribution in [0.25, 0.3) is 21.3 Å². The molecule has 4 nitrogen and oxygen atoms in total. The third kappa shape index (κ3) is 14.2. The quantitative estimate of drug-likeness (QED) is 0.100. The van der Waals surface area contributed by atoms with Gasteiger partial charge in [0.2, 0.25) is 0 Å². The van der Waals surface area contributed by atoms with Crippen LogP contribution >= 0.6 is 0 Å². The van der Waals surface area contributed by atoms with E-state index in [2.05, 4.69) is 283 Å². The summed E-state index contributed by atoms with van der Waals surface area (Å²) < 4.78 is 0. The van der Waals surface area contributed by atoms with Crippen LogP contribution in [0.1, 0.15) is 188 Å². The van der Waals surface area contributed by atoms with E-state index in [1.807, 2.05) is 0 Å². The molecule has 0 radical (unpaired) electrons. The van der Waals surface area contributed by atoms with E-state index in [1.54, 1.807) is 20.7 Å². The van der Waals surface area contributed by atoms with Crippen molar-refractivity contribution >= 4 is 55.9 Å². The first kappa shape index (κ1) is 71.1. The van der Waals surface area contributed by atoms with Gasteiger partial charge in [-0.15, -0.1) is 20.6 Å². The third-order valence-corrected chi connectivity index (χ3v) is 39.6. The molecule has 4 aromatic carbocycles. The van der Waals surface area contributed by atoms with Gasteiger partial charge in [-0.25, -0.2) is 0 Å². The minimum absolute atomic E-state index is 0. The van der Waals surface area contributed by atoms with Gasteiger partial charge in [0.15, 0.2) is 0 Å². The zero-order valence-corrected chi connectivity index (χ0v) is 65.1. The number of benzene rings is 4. The second-order valence-corrected chi connectivity index (χ2v) is 42.4. The maximum absolute atomic E-state index is 5.53. The summed E-state index contributed by atoms with van der Waals surface area (Å²) in [5.74, 6) is 0. The molecule has 0 spiro atoms. The van der Waals surface area contributed by atoms with Crippen LogP contribution in [0.5, 0.6) is 0 Å². The Kier molecular flexibility index (Phi) is 22.4. The summed E-state index contributed by atoms with van der Waals surface area (Å²) in [5, 5.41) is 29.4. The van der Waals surface area contributed by atoms with E-state index < -0.39 is 35.2 Å². The van der Waals surface area contributed by atoms with Crippen molar-refractivity contribution in [2.24, 2.45) is 0 Å². The van der Waals surface area contributed by atoms with E-state index in [0.717, 1.165) is 0 Å². The van der Waals surface area contributed by atoms with E-state index in [0.29, 0.717) is 0 Å². The average Bonchev–Trinajstić information content (AvgIpc) is 1.79. The summed E-state index contributed by atoms with van der Waals surface area (Å²) >= 11 is 0. The van der Waals surface area contributed by atoms with Crippen LogP contribution in [-0.4, -0.2) is 78.0 Å². The Morgan fingerprint density at radius 3 is 0.539 bits per heavy atom. The molecule has 8 aliphatic carbocycles. The normalized spacial score (nSPS) is 28.0. The summed E-state index contributed by atoms with van der Waals surface area (Å²) in [6, 6.07) is 44.5. The molecule has 8 aliphatic rings. The Labute approximate surface area is 564 Å². The zero-order chi connectivity index (χ0) is 63.8. The summed E-state index contributed by atoms with van der Waals surface area (Å²) in [5.41, 5.74) is 16.9. The number of allylic oxidation sites excluding steroid dienone is 8. The van der Waals surface area contributed by atoms with Gasteiger partial charge in [0, 0.05) is 0 Å². The van der Waals surface area contributed by atoms with Gasteiger partial charge in [0.25, 0.3) is 0 Å². The van der Waals surface area contributed by atoms with Crippen LogP contribution in [0.3, 0.4) is 0 Å². The summed E-state index contributed by atoms with van der Waals surface area (Å²) in [6.07, 6.45) is 25.2. The fourth-order valence-corrected chi connectivity index (χ4v) is 29.1. The molecule has 4 fully saturated rings. The number of hydrogen-bond donors (Lipinski definition) is 0. The smallest absolute Gasteiger partial charge is 0.647 e. The van der Waals surface area contributed by atoms with Crippen molar-refractivity contribution in [2.45, 2.75) is 257 Å². The van der Waals surface area contributed by atoms with Gasteiger partial charge in [0.05, 0.1) is 35.2 Å². The molecule has 9 heteroatoms. The van der Waals surface area contributed by atoms with Crippen molar-refractivity contribution in [2.75, 3.05) is 0 Å². The first-order chi connectivity index (χ1) is 41.5. The number of hydrogen-bond acceptors (Lipinski definition) is 0. The van der Waals surface area contributed by atoms with Crippen LogP contribution in [0.2, 0.25) is 26.2 Å².